The summed E-state index contributed by atoms with van der Waals surface area (Å²) < 4.78 is 0. The number of hydrogen-bond acceptors (Lipinski definition) is 4. The van der Waals surface area contributed by atoms with Crippen molar-refractivity contribution in [3.8, 4) is 0 Å². The Morgan fingerprint density at radius 3 is 2.56 bits per heavy atom. The summed E-state index contributed by atoms with van der Waals surface area (Å²) in [5, 5.41) is 7.33. The number of hydrogen-bond donors (Lipinski definition) is 2. The highest BCUT2D eigenvalue weighted by molar-refractivity contribution is 7.12. The first-order valence-electron chi connectivity index (χ1n) is 7.86. The molecule has 0 aliphatic heterocycles. The van der Waals surface area contributed by atoms with E-state index in [2.05, 4.69) is 10.6 Å². The van der Waals surface area contributed by atoms with E-state index >= 15 is 0 Å². The third-order valence-corrected chi connectivity index (χ3v) is 4.32. The Hall–Kier alpha value is -2.67. The number of nitrogens with zero attached hydrogens (tertiary/aromatic N) is 1. The van der Waals surface area contributed by atoms with Crippen LogP contribution in [-0.4, -0.2) is 43.3 Å². The summed E-state index contributed by atoms with van der Waals surface area (Å²) in [4.78, 5) is 37.7. The van der Waals surface area contributed by atoms with Crippen molar-refractivity contribution >= 4 is 29.1 Å². The summed E-state index contributed by atoms with van der Waals surface area (Å²) in [6, 6.07) is 10.7. The van der Waals surface area contributed by atoms with E-state index in [-0.39, 0.29) is 30.7 Å². The first kappa shape index (κ1) is 18.7. The monoisotopic (exact) mass is 359 g/mol. The number of carbonyl (C=O) groups is 3. The molecular formula is C18H21N3O3S. The second-order valence-electron chi connectivity index (χ2n) is 5.66. The minimum atomic E-state index is -0.169. The fourth-order valence-electron chi connectivity index (χ4n) is 2.15. The summed E-state index contributed by atoms with van der Waals surface area (Å²) in [6.07, 6.45) is 0.202. The zero-order chi connectivity index (χ0) is 18.2. The van der Waals surface area contributed by atoms with Crippen molar-refractivity contribution in [3.63, 3.8) is 0 Å². The lowest BCUT2D eigenvalue weighted by Gasteiger charge is -2.11. The van der Waals surface area contributed by atoms with E-state index in [1.165, 1.54) is 16.2 Å². The first-order chi connectivity index (χ1) is 12.0. The second kappa shape index (κ2) is 8.98. The number of thiophene rings is 1. The van der Waals surface area contributed by atoms with Gasteiger partial charge in [0.2, 0.25) is 5.91 Å². The molecular weight excluding hydrogens is 338 g/mol. The van der Waals surface area contributed by atoms with Crippen LogP contribution in [0.1, 0.15) is 32.0 Å². The van der Waals surface area contributed by atoms with Crippen molar-refractivity contribution in [1.29, 1.82) is 0 Å². The van der Waals surface area contributed by atoms with E-state index in [0.29, 0.717) is 17.0 Å². The van der Waals surface area contributed by atoms with E-state index in [4.69, 9.17) is 0 Å². The lowest BCUT2D eigenvalue weighted by atomic mass is 10.1. The number of carbonyl (C=O) groups excluding carboxylic acids is 3. The van der Waals surface area contributed by atoms with Crippen LogP contribution in [0.25, 0.3) is 0 Å². The smallest absolute Gasteiger partial charge is 0.261 e. The van der Waals surface area contributed by atoms with Gasteiger partial charge in [-0.15, -0.1) is 11.3 Å². The Morgan fingerprint density at radius 2 is 1.88 bits per heavy atom. The quantitative estimate of drug-likeness (QED) is 0.792. The van der Waals surface area contributed by atoms with Gasteiger partial charge in [0.25, 0.3) is 11.8 Å². The molecule has 132 valence electrons. The Labute approximate surface area is 150 Å². The van der Waals surface area contributed by atoms with E-state index in [0.717, 1.165) is 5.56 Å². The minimum absolute atomic E-state index is 0.0792. The van der Waals surface area contributed by atoms with Crippen LogP contribution in [0.15, 0.2) is 41.8 Å². The number of benzene rings is 1. The van der Waals surface area contributed by atoms with Gasteiger partial charge in [-0.3, -0.25) is 14.4 Å². The van der Waals surface area contributed by atoms with Crippen molar-refractivity contribution in [1.82, 2.24) is 15.5 Å². The molecule has 1 heterocycles. The van der Waals surface area contributed by atoms with Gasteiger partial charge < -0.3 is 15.5 Å². The molecule has 1 aromatic carbocycles. The highest BCUT2D eigenvalue weighted by Crippen LogP contribution is 2.08. The third kappa shape index (κ3) is 5.72. The lowest BCUT2D eigenvalue weighted by molar-refractivity contribution is -0.121. The van der Waals surface area contributed by atoms with Crippen LogP contribution < -0.4 is 10.6 Å². The zero-order valence-electron chi connectivity index (χ0n) is 14.2. The summed E-state index contributed by atoms with van der Waals surface area (Å²) in [7, 11) is 3.39. The van der Waals surface area contributed by atoms with E-state index in [9.17, 15) is 14.4 Å². The van der Waals surface area contributed by atoms with Crippen LogP contribution in [0, 0.1) is 0 Å². The van der Waals surface area contributed by atoms with Crippen LogP contribution in [-0.2, 0) is 11.3 Å². The molecule has 7 heteroatoms. The maximum Gasteiger partial charge on any atom is 0.261 e. The summed E-state index contributed by atoms with van der Waals surface area (Å²) in [5.41, 5.74) is 1.43. The summed E-state index contributed by atoms with van der Waals surface area (Å²) in [6.45, 7) is 0.619. The van der Waals surface area contributed by atoms with E-state index in [1.54, 1.807) is 44.4 Å². The van der Waals surface area contributed by atoms with Crippen LogP contribution in [0.3, 0.4) is 0 Å². The first-order valence-corrected chi connectivity index (χ1v) is 8.74. The standard InChI is InChI=1S/C18H21N3O3S/c1-21(2)18(24)14-6-3-5-13(11-14)12-20-16(22)8-9-19-17(23)15-7-4-10-25-15/h3-7,10-11H,8-9,12H2,1-2H3,(H,19,23)(H,20,22). The Balaban J connectivity index is 1.75. The van der Waals surface area contributed by atoms with Crippen LogP contribution in [0.2, 0.25) is 0 Å². The SMILES string of the molecule is CN(C)C(=O)c1cccc(CNC(=O)CCNC(=O)c2cccs2)c1. The molecule has 3 amide bonds. The van der Waals surface area contributed by atoms with Crippen LogP contribution >= 0.6 is 11.3 Å². The van der Waals surface area contributed by atoms with Crippen molar-refractivity contribution in [2.45, 2.75) is 13.0 Å². The molecule has 25 heavy (non-hydrogen) atoms. The molecule has 0 aliphatic carbocycles. The van der Waals surface area contributed by atoms with E-state index in [1.807, 2.05) is 11.4 Å². The van der Waals surface area contributed by atoms with Crippen molar-refractivity contribution in [3.05, 3.63) is 57.8 Å². The molecule has 0 saturated heterocycles. The molecule has 0 spiro atoms. The number of nitrogens with one attached hydrogen (secondary N) is 2. The van der Waals surface area contributed by atoms with Gasteiger partial charge in [-0.25, -0.2) is 0 Å². The predicted molar refractivity (Wildman–Crippen MR) is 97.6 cm³/mol. The molecule has 1 aromatic heterocycles. The molecule has 0 atom stereocenters. The van der Waals surface area contributed by atoms with Gasteiger partial charge in [0.05, 0.1) is 4.88 Å². The molecule has 0 saturated carbocycles. The van der Waals surface area contributed by atoms with Crippen molar-refractivity contribution < 1.29 is 14.4 Å². The molecule has 0 fully saturated rings. The Bertz CT molecular complexity index is 742. The van der Waals surface area contributed by atoms with Gasteiger partial charge in [0, 0.05) is 39.2 Å². The highest BCUT2D eigenvalue weighted by atomic mass is 32.1. The lowest BCUT2D eigenvalue weighted by Crippen LogP contribution is -2.30. The second-order valence-corrected chi connectivity index (χ2v) is 6.61. The molecule has 0 bridgehead atoms. The molecule has 0 unspecified atom stereocenters. The normalized spacial score (nSPS) is 10.2. The fourth-order valence-corrected chi connectivity index (χ4v) is 2.79. The summed E-state index contributed by atoms with van der Waals surface area (Å²) in [5.74, 6) is -0.405. The molecule has 2 rings (SSSR count). The largest absolute Gasteiger partial charge is 0.352 e. The van der Waals surface area contributed by atoms with Crippen LogP contribution in [0.4, 0.5) is 0 Å². The number of amides is 3. The van der Waals surface area contributed by atoms with Crippen LogP contribution in [0.5, 0.6) is 0 Å². The zero-order valence-corrected chi connectivity index (χ0v) is 15.1. The molecule has 2 aromatic rings. The fraction of sp³-hybridized carbons (Fsp3) is 0.278. The van der Waals surface area contributed by atoms with Gasteiger partial charge >= 0.3 is 0 Å². The van der Waals surface area contributed by atoms with Gasteiger partial charge in [-0.05, 0) is 29.1 Å². The van der Waals surface area contributed by atoms with Gasteiger partial charge in [0.15, 0.2) is 0 Å². The highest BCUT2D eigenvalue weighted by Gasteiger charge is 2.09. The Kier molecular flexibility index (Phi) is 6.71. The average molecular weight is 359 g/mol. The maximum atomic E-state index is 11.9. The molecule has 6 nitrogen and oxygen atoms in total. The van der Waals surface area contributed by atoms with E-state index < -0.39 is 0 Å². The maximum absolute atomic E-state index is 11.9. The Morgan fingerprint density at radius 1 is 1.08 bits per heavy atom. The van der Waals surface area contributed by atoms with Gasteiger partial charge in [-0.1, -0.05) is 18.2 Å². The van der Waals surface area contributed by atoms with Gasteiger partial charge in [0.1, 0.15) is 0 Å². The third-order valence-electron chi connectivity index (χ3n) is 3.45. The predicted octanol–water partition coefficient (Wildman–Crippen LogP) is 1.89. The van der Waals surface area contributed by atoms with Crippen molar-refractivity contribution in [2.24, 2.45) is 0 Å². The van der Waals surface area contributed by atoms with Gasteiger partial charge in [-0.2, -0.15) is 0 Å². The molecule has 0 aliphatic rings. The summed E-state index contributed by atoms with van der Waals surface area (Å²) >= 11 is 1.36. The van der Waals surface area contributed by atoms with Crippen molar-refractivity contribution in [2.75, 3.05) is 20.6 Å². The topological polar surface area (TPSA) is 78.5 Å². The average Bonchev–Trinajstić information content (AvgIpc) is 3.14. The minimum Gasteiger partial charge on any atom is -0.352 e. The molecule has 0 radical (unpaired) electrons. The molecule has 2 N–H and O–H groups in total. The number of rotatable bonds is 7.